The fourth-order valence-corrected chi connectivity index (χ4v) is 0.692. The van der Waals surface area contributed by atoms with Crippen LogP contribution in [0.4, 0.5) is 0 Å². The summed E-state index contributed by atoms with van der Waals surface area (Å²) in [6.45, 7) is 0. The lowest BCUT2D eigenvalue weighted by Crippen LogP contribution is -1.81. The Bertz CT molecular complexity index is 223. The van der Waals surface area contributed by atoms with Gasteiger partial charge < -0.3 is 10.3 Å². The predicted octanol–water partition coefficient (Wildman–Crippen LogP) is 1.01. The predicted molar refractivity (Wildman–Crippen MR) is 41.2 cm³/mol. The molecule has 0 aromatic rings. The maximum Gasteiger partial charge on any atom is 0.272 e. The third-order valence-electron chi connectivity index (χ3n) is 1.14. The van der Waals surface area contributed by atoms with Gasteiger partial charge in [0.2, 0.25) is 7.11 Å². The van der Waals surface area contributed by atoms with Crippen LogP contribution in [0.3, 0.4) is 0 Å². The van der Waals surface area contributed by atoms with Crippen molar-refractivity contribution in [2.45, 2.75) is 0 Å². The topological polar surface area (TPSA) is 11.3 Å². The third kappa shape index (κ3) is 1.91. The molecule has 1 rings (SSSR count). The first-order valence-electron chi connectivity index (χ1n) is 3.07. The molecule has 1 aliphatic rings. The first-order valence-corrected chi connectivity index (χ1v) is 3.07. The second kappa shape index (κ2) is 3.68. The van der Waals surface area contributed by atoms with E-state index in [0.717, 1.165) is 0 Å². The van der Waals surface area contributed by atoms with Crippen molar-refractivity contribution in [2.24, 2.45) is 5.92 Å². The standard InChI is InChI=1S/C9H8O/c1-10-8-4-7-9-5-2-3-6-9/h2-3,5-6,9H,1H3. The van der Waals surface area contributed by atoms with E-state index in [1.165, 1.54) is 7.11 Å². The van der Waals surface area contributed by atoms with Crippen LogP contribution >= 0.6 is 0 Å². The van der Waals surface area contributed by atoms with E-state index in [1.807, 2.05) is 24.3 Å². The van der Waals surface area contributed by atoms with Crippen LogP contribution in [0.5, 0.6) is 0 Å². The Morgan fingerprint density at radius 1 is 1.40 bits per heavy atom. The monoisotopic (exact) mass is 132 g/mol. The number of hydrogen-bond donors (Lipinski definition) is 0. The Morgan fingerprint density at radius 2 is 2.10 bits per heavy atom. The summed E-state index contributed by atoms with van der Waals surface area (Å²) in [7, 11) is 1.54. The molecule has 1 aliphatic carbocycles. The maximum atomic E-state index is 4.53. The van der Waals surface area contributed by atoms with E-state index in [-0.39, 0.29) is 5.92 Å². The quantitative estimate of drug-likeness (QED) is 0.265. The number of carbonyl (C=O) groups excluding carboxylic acids is 1. The van der Waals surface area contributed by atoms with Crippen molar-refractivity contribution in [1.82, 2.24) is 0 Å². The molecule has 0 unspecified atom stereocenters. The smallest absolute Gasteiger partial charge is 0.272 e. The van der Waals surface area contributed by atoms with Gasteiger partial charge in [-0.2, -0.15) is 5.92 Å². The highest BCUT2D eigenvalue weighted by atomic mass is 16.4. The summed E-state index contributed by atoms with van der Waals surface area (Å²) >= 11 is 0. The molecule has 10 heavy (non-hydrogen) atoms. The van der Waals surface area contributed by atoms with Gasteiger partial charge in [0.25, 0.3) is 6.29 Å². The van der Waals surface area contributed by atoms with Crippen LogP contribution in [0.1, 0.15) is 0 Å². The molecule has 0 radical (unpaired) electrons. The molecule has 0 aliphatic heterocycles. The second-order valence-corrected chi connectivity index (χ2v) is 1.87. The van der Waals surface area contributed by atoms with Crippen molar-refractivity contribution in [1.29, 1.82) is 0 Å². The van der Waals surface area contributed by atoms with E-state index in [1.54, 1.807) is 0 Å². The summed E-state index contributed by atoms with van der Waals surface area (Å²) in [4.78, 5) is 0. The normalized spacial score (nSPS) is 16.1. The number of rotatable bonds is 0. The molecule has 0 aromatic heterocycles. The van der Waals surface area contributed by atoms with E-state index in [9.17, 15) is 0 Å². The molecule has 0 amide bonds. The minimum Gasteiger partial charge on any atom is -0.345 e. The molecule has 0 N–H and O–H groups in total. The van der Waals surface area contributed by atoms with E-state index >= 15 is 0 Å². The van der Waals surface area contributed by atoms with Crippen LogP contribution in [0.2, 0.25) is 0 Å². The Kier molecular flexibility index (Phi) is 2.51. The average Bonchev–Trinajstić information content (AvgIpc) is 2.41. The lowest BCUT2D eigenvalue weighted by Gasteiger charge is -1.95. The molecule has 1 heteroatoms. The summed E-state index contributed by atoms with van der Waals surface area (Å²) in [6, 6.07) is 0. The molecular formula is C9H8O. The van der Waals surface area contributed by atoms with Crippen molar-refractivity contribution < 1.29 is 4.42 Å². The second-order valence-electron chi connectivity index (χ2n) is 1.87. The summed E-state index contributed by atoms with van der Waals surface area (Å²) in [5, 5.41) is 0. The Morgan fingerprint density at radius 3 is 2.70 bits per heavy atom. The maximum absolute atomic E-state index is 4.53. The fourth-order valence-electron chi connectivity index (χ4n) is 0.692. The fraction of sp³-hybridized carbons (Fsp3) is 0.222. The van der Waals surface area contributed by atoms with Gasteiger partial charge in [0.05, 0.1) is 0 Å². The van der Waals surface area contributed by atoms with Gasteiger partial charge in [0.1, 0.15) is 0 Å². The van der Waals surface area contributed by atoms with Gasteiger partial charge in [-0.3, -0.25) is 0 Å². The minimum atomic E-state index is 0.252. The average molecular weight is 132 g/mol. The van der Waals surface area contributed by atoms with Crippen LogP contribution in [-0.2, 0) is 4.42 Å². The molecule has 0 aromatic carbocycles. The van der Waals surface area contributed by atoms with Gasteiger partial charge in [-0.1, -0.05) is 24.3 Å². The van der Waals surface area contributed by atoms with Gasteiger partial charge in [-0.05, 0) is 5.92 Å². The molecule has 0 spiro atoms. The zero-order chi connectivity index (χ0) is 7.23. The van der Waals surface area contributed by atoms with Crippen molar-refractivity contribution in [3.05, 3.63) is 24.3 Å². The molecule has 0 saturated heterocycles. The molecule has 1 nitrogen and oxygen atoms in total. The zero-order valence-electron chi connectivity index (χ0n) is 5.79. The van der Waals surface area contributed by atoms with E-state index in [2.05, 4.69) is 22.6 Å². The highest BCUT2D eigenvalue weighted by Gasteiger charge is 1.88. The number of hydrogen-bond acceptors (Lipinski definition) is 0. The largest absolute Gasteiger partial charge is 0.345 e. The zero-order valence-corrected chi connectivity index (χ0v) is 5.79. The molecule has 0 bridgehead atoms. The molecule has 50 valence electrons. The summed E-state index contributed by atoms with van der Waals surface area (Å²) < 4.78 is 4.53. The van der Waals surface area contributed by atoms with Gasteiger partial charge in [-0.15, -0.1) is 0 Å². The first-order chi connectivity index (χ1) is 4.93. The molecule has 0 fully saturated rings. The summed E-state index contributed by atoms with van der Waals surface area (Å²) in [6.07, 6.45) is 10.4. The lowest BCUT2D eigenvalue weighted by molar-refractivity contribution is 0.187. The lowest BCUT2D eigenvalue weighted by atomic mass is 10.2. The Balaban J connectivity index is 2.47. The highest BCUT2D eigenvalue weighted by Crippen LogP contribution is 2.05. The molecule has 0 heterocycles. The van der Waals surface area contributed by atoms with E-state index in [0.29, 0.717) is 0 Å². The third-order valence-corrected chi connectivity index (χ3v) is 1.14. The van der Waals surface area contributed by atoms with E-state index in [4.69, 9.17) is 0 Å². The summed E-state index contributed by atoms with van der Waals surface area (Å²) in [5.41, 5.74) is 0. The van der Waals surface area contributed by atoms with Gasteiger partial charge >= 0.3 is 0 Å². The van der Waals surface area contributed by atoms with Crippen molar-refractivity contribution in [3.63, 3.8) is 0 Å². The van der Waals surface area contributed by atoms with Crippen LogP contribution < -0.4 is 0 Å². The van der Waals surface area contributed by atoms with Crippen molar-refractivity contribution in [2.75, 3.05) is 7.11 Å². The van der Waals surface area contributed by atoms with Gasteiger partial charge in [0.15, 0.2) is 0 Å². The van der Waals surface area contributed by atoms with Crippen LogP contribution in [0, 0.1) is 17.8 Å². The molecule has 0 atom stereocenters. The van der Waals surface area contributed by atoms with Crippen molar-refractivity contribution >= 4 is 6.29 Å². The SMILES string of the molecule is C[O+]=[C-]C#CC1C=CC=C1. The molecule has 0 saturated carbocycles. The Hall–Kier alpha value is -1.29. The highest BCUT2D eigenvalue weighted by molar-refractivity contribution is 5.74. The summed E-state index contributed by atoms with van der Waals surface area (Å²) in [5.74, 6) is 5.83. The van der Waals surface area contributed by atoms with Gasteiger partial charge in [-0.25, -0.2) is 0 Å². The van der Waals surface area contributed by atoms with Crippen molar-refractivity contribution in [3.8, 4) is 11.8 Å². The molecular weight excluding hydrogens is 124 g/mol. The van der Waals surface area contributed by atoms with Crippen LogP contribution in [0.25, 0.3) is 0 Å². The van der Waals surface area contributed by atoms with Crippen LogP contribution in [-0.4, -0.2) is 13.4 Å². The Labute approximate surface area is 60.8 Å². The van der Waals surface area contributed by atoms with E-state index < -0.39 is 0 Å². The van der Waals surface area contributed by atoms with Crippen LogP contribution in [0.15, 0.2) is 24.3 Å². The number of allylic oxidation sites excluding steroid dienone is 4. The minimum absolute atomic E-state index is 0.252. The van der Waals surface area contributed by atoms with Gasteiger partial charge in [0, 0.05) is 0 Å². The first kappa shape index (κ1) is 6.82.